The maximum Gasteiger partial charge on any atom is 0.573 e. The van der Waals surface area contributed by atoms with Crippen LogP contribution in [0.5, 0.6) is 5.75 Å². The number of hydrogen-bond donors (Lipinski definition) is 4. The molecule has 0 aromatic heterocycles. The topological polar surface area (TPSA) is 219 Å². The number of nitrogens with zero attached hydrogens (tertiary/aromatic N) is 4. The van der Waals surface area contributed by atoms with E-state index in [0.29, 0.717) is 32.7 Å². The highest BCUT2D eigenvalue weighted by Crippen LogP contribution is 2.42. The zero-order valence-corrected chi connectivity index (χ0v) is 28.2. The summed E-state index contributed by atoms with van der Waals surface area (Å²) in [7, 11) is -9.63. The molecule has 0 spiro atoms. The van der Waals surface area contributed by atoms with Crippen LogP contribution in [0, 0.1) is 6.92 Å². The van der Waals surface area contributed by atoms with Gasteiger partial charge in [-0.25, -0.2) is 0 Å². The second-order valence-corrected chi connectivity index (χ2v) is 14.1. The third kappa shape index (κ3) is 7.40. The van der Waals surface area contributed by atoms with Crippen LogP contribution >= 0.6 is 0 Å². The van der Waals surface area contributed by atoms with Gasteiger partial charge in [0.25, 0.3) is 20.2 Å². The average Bonchev–Trinajstić information content (AvgIpc) is 3.06. The van der Waals surface area contributed by atoms with Gasteiger partial charge in [0.15, 0.2) is 5.75 Å². The first kappa shape index (κ1) is 35.9. The minimum atomic E-state index is -5.16. The van der Waals surface area contributed by atoms with Crippen LogP contribution in [-0.4, -0.2) is 32.3 Å². The summed E-state index contributed by atoms with van der Waals surface area (Å²) in [5.41, 5.74) is 12.3. The van der Waals surface area contributed by atoms with E-state index in [1.165, 1.54) is 24.3 Å². The van der Waals surface area contributed by atoms with Gasteiger partial charge in [0.05, 0.1) is 17.1 Å². The highest BCUT2D eigenvalue weighted by molar-refractivity contribution is 7.86. The monoisotopic (exact) mass is 750 g/mol. The van der Waals surface area contributed by atoms with E-state index in [4.69, 9.17) is 11.5 Å². The fourth-order valence-corrected chi connectivity index (χ4v) is 6.76. The number of aryl methyl sites for hydroxylation is 1. The lowest BCUT2D eigenvalue weighted by Crippen LogP contribution is -2.17. The molecule has 6 aromatic rings. The molecule has 6 aromatic carbocycles. The Morgan fingerprint density at radius 1 is 0.615 bits per heavy atom. The van der Waals surface area contributed by atoms with Crippen LogP contribution in [0.15, 0.2) is 127 Å². The third-order valence-corrected chi connectivity index (χ3v) is 9.57. The Hall–Kier alpha value is -5.95. The Labute approximate surface area is 293 Å². The Morgan fingerprint density at radius 2 is 1.06 bits per heavy atom. The molecule has 0 aliphatic heterocycles. The number of nitrogens with two attached hydrogens (primary N) is 2. The van der Waals surface area contributed by atoms with Crippen molar-refractivity contribution in [1.29, 1.82) is 0 Å². The van der Waals surface area contributed by atoms with Crippen LogP contribution in [0.4, 0.5) is 47.3 Å². The van der Waals surface area contributed by atoms with Crippen molar-refractivity contribution in [2.24, 2.45) is 20.5 Å². The molecule has 0 saturated heterocycles. The predicted octanol–water partition coefficient (Wildman–Crippen LogP) is 9.36. The molecule has 266 valence electrons. The Kier molecular flexibility index (Phi) is 9.18. The molecule has 0 saturated carbocycles. The van der Waals surface area contributed by atoms with Crippen LogP contribution in [-0.2, 0) is 20.2 Å². The summed E-state index contributed by atoms with van der Waals surface area (Å²) in [5, 5.41) is 17.5. The lowest BCUT2D eigenvalue weighted by molar-refractivity contribution is -0.274. The fourth-order valence-electron chi connectivity index (χ4n) is 5.41. The molecule has 0 fully saturated rings. The molecule has 0 amide bonds. The van der Waals surface area contributed by atoms with Gasteiger partial charge in [0.2, 0.25) is 0 Å². The van der Waals surface area contributed by atoms with E-state index in [-0.39, 0.29) is 28.3 Å². The Morgan fingerprint density at radius 3 is 1.52 bits per heavy atom. The zero-order chi connectivity index (χ0) is 37.6. The van der Waals surface area contributed by atoms with Crippen LogP contribution in [0.25, 0.3) is 32.7 Å². The van der Waals surface area contributed by atoms with E-state index in [0.717, 1.165) is 18.2 Å². The van der Waals surface area contributed by atoms with E-state index in [1.54, 1.807) is 61.5 Å². The van der Waals surface area contributed by atoms with E-state index in [2.05, 4.69) is 25.2 Å². The summed E-state index contributed by atoms with van der Waals surface area (Å²) in [6.45, 7) is 1.63. The summed E-state index contributed by atoms with van der Waals surface area (Å²) in [4.78, 5) is -1.25. The average molecular weight is 751 g/mol. The van der Waals surface area contributed by atoms with Crippen LogP contribution in [0.2, 0.25) is 0 Å². The molecule has 6 rings (SSSR count). The van der Waals surface area contributed by atoms with Gasteiger partial charge < -0.3 is 16.2 Å². The maximum atomic E-state index is 13.5. The van der Waals surface area contributed by atoms with Gasteiger partial charge in [-0.05, 0) is 70.8 Å². The number of hydrogen-bond acceptors (Lipinski definition) is 11. The lowest BCUT2D eigenvalue weighted by atomic mass is 10.0. The molecule has 0 unspecified atom stereocenters. The number of alkyl halides is 3. The quantitative estimate of drug-likeness (QED) is 0.0660. The van der Waals surface area contributed by atoms with Crippen LogP contribution < -0.4 is 16.2 Å². The van der Waals surface area contributed by atoms with Gasteiger partial charge in [0.1, 0.15) is 26.9 Å². The Balaban J connectivity index is 1.37. The molecule has 52 heavy (non-hydrogen) atoms. The normalized spacial score (nSPS) is 12.7. The maximum absolute atomic E-state index is 13.5. The van der Waals surface area contributed by atoms with Crippen molar-refractivity contribution in [2.45, 2.75) is 23.1 Å². The van der Waals surface area contributed by atoms with E-state index >= 15 is 0 Å². The summed E-state index contributed by atoms with van der Waals surface area (Å²) in [6, 6.07) is 23.5. The second kappa shape index (κ2) is 13.3. The summed E-state index contributed by atoms with van der Waals surface area (Å²) in [5.74, 6) is -0.785. The van der Waals surface area contributed by atoms with Crippen molar-refractivity contribution in [3.05, 3.63) is 103 Å². The molecule has 0 heterocycles. The largest absolute Gasteiger partial charge is 0.573 e. The van der Waals surface area contributed by atoms with Gasteiger partial charge >= 0.3 is 6.36 Å². The molecule has 0 bridgehead atoms. The minimum absolute atomic E-state index is 0.0318. The van der Waals surface area contributed by atoms with Crippen LogP contribution in [0.3, 0.4) is 0 Å². The molecular formula is C34H25F3N6O7S2. The second-order valence-electron chi connectivity index (χ2n) is 11.3. The molecule has 0 atom stereocenters. The standard InChI is InChI=1S/C34H25F3N6O7S2/c1-18-14-19(10-12-25(18)40-42-32-28(51(44,45)46)16-21-6-2-4-8-23(21)30(32)38)20-11-13-26(27(15-20)50-34(35,36)37)41-43-33-29(52(47,48)49)17-22-7-3-5-9-24(22)31(33)39/h2-17H,38-39H2,1H3,(H,44,45,46)(H,47,48,49). The van der Waals surface area contributed by atoms with E-state index in [1.807, 2.05) is 0 Å². The Bertz CT molecular complexity index is 2700. The number of nitrogen functional groups attached to an aromatic ring is 2. The fraction of sp³-hybridized carbons (Fsp3) is 0.0588. The number of rotatable bonds is 8. The molecule has 18 heteroatoms. The van der Waals surface area contributed by atoms with Crippen molar-refractivity contribution < 1.29 is 43.8 Å². The third-order valence-electron chi connectivity index (χ3n) is 7.84. The molecule has 0 radical (unpaired) electrons. The van der Waals surface area contributed by atoms with Crippen molar-refractivity contribution in [2.75, 3.05) is 11.5 Å². The minimum Gasteiger partial charge on any atom is -0.403 e. The molecular weight excluding hydrogens is 726 g/mol. The number of halogens is 3. The first-order valence-corrected chi connectivity index (χ1v) is 17.7. The van der Waals surface area contributed by atoms with Crippen LogP contribution in [0.1, 0.15) is 5.56 Å². The molecule has 0 aliphatic carbocycles. The number of fused-ring (bicyclic) bond motifs is 2. The highest BCUT2D eigenvalue weighted by Gasteiger charge is 2.32. The summed E-state index contributed by atoms with van der Waals surface area (Å²) < 4.78 is 113. The van der Waals surface area contributed by atoms with Gasteiger partial charge in [-0.3, -0.25) is 9.11 Å². The SMILES string of the molecule is Cc1cc(-c2ccc(N=Nc3c(S(=O)(=O)O)cc4ccccc4c3N)c(OC(F)(F)F)c2)ccc1N=Nc1c(S(=O)(=O)O)cc2ccccc2c1N. The molecule has 13 nitrogen and oxygen atoms in total. The predicted molar refractivity (Wildman–Crippen MR) is 188 cm³/mol. The zero-order valence-electron chi connectivity index (χ0n) is 26.6. The van der Waals surface area contributed by atoms with E-state index in [9.17, 15) is 39.1 Å². The van der Waals surface area contributed by atoms with Crippen molar-refractivity contribution >= 4 is 75.9 Å². The van der Waals surface area contributed by atoms with Gasteiger partial charge in [-0.1, -0.05) is 60.7 Å². The summed E-state index contributed by atoms with van der Waals surface area (Å²) in [6.07, 6.45) is -5.16. The first-order chi connectivity index (χ1) is 24.4. The first-order valence-electron chi connectivity index (χ1n) is 14.8. The van der Waals surface area contributed by atoms with Gasteiger partial charge in [-0.15, -0.1) is 28.5 Å². The number of benzene rings is 6. The van der Waals surface area contributed by atoms with Gasteiger partial charge in [-0.2, -0.15) is 21.9 Å². The van der Waals surface area contributed by atoms with Gasteiger partial charge in [0, 0.05) is 10.8 Å². The number of ether oxygens (including phenoxy) is 1. The van der Waals surface area contributed by atoms with Crippen molar-refractivity contribution in [3.63, 3.8) is 0 Å². The number of anilines is 2. The molecule has 6 N–H and O–H groups in total. The summed E-state index contributed by atoms with van der Waals surface area (Å²) >= 11 is 0. The lowest BCUT2D eigenvalue weighted by Gasteiger charge is -2.13. The van der Waals surface area contributed by atoms with Crippen molar-refractivity contribution in [1.82, 2.24) is 0 Å². The number of azo groups is 2. The molecule has 0 aliphatic rings. The van der Waals surface area contributed by atoms with E-state index < -0.39 is 53.5 Å². The highest BCUT2D eigenvalue weighted by atomic mass is 32.2. The smallest absolute Gasteiger partial charge is 0.403 e. The van der Waals surface area contributed by atoms with Crippen molar-refractivity contribution in [3.8, 4) is 16.9 Å².